The molecule has 1 atom stereocenters. The summed E-state index contributed by atoms with van der Waals surface area (Å²) in [5, 5.41) is 9.24. The van der Waals surface area contributed by atoms with Gasteiger partial charge < -0.3 is 9.84 Å². The molecule has 0 bridgehead atoms. The summed E-state index contributed by atoms with van der Waals surface area (Å²) in [6.07, 6.45) is 38.3. The van der Waals surface area contributed by atoms with Crippen LogP contribution in [-0.2, 0) is 14.3 Å². The minimum Gasteiger partial charge on any atom is -0.481 e. The third-order valence-electron chi connectivity index (χ3n) is 8.56. The zero-order valence-electron chi connectivity index (χ0n) is 27.9. The zero-order valence-corrected chi connectivity index (χ0v) is 27.9. The maximum absolute atomic E-state index is 12.3. The molecular weight excluding hydrogens is 508 g/mol. The number of aliphatic carboxylic acids is 1. The Hall–Kier alpha value is -1.06. The quantitative estimate of drug-likeness (QED) is 0.0607. The van der Waals surface area contributed by atoms with Gasteiger partial charge in [-0.05, 0) is 19.3 Å². The lowest BCUT2D eigenvalue weighted by molar-refractivity contribution is -0.153. The first-order chi connectivity index (χ1) is 20.1. The zero-order chi connectivity index (χ0) is 30.1. The Bertz CT molecular complexity index is 547. The summed E-state index contributed by atoms with van der Waals surface area (Å²) < 4.78 is 5.57. The average Bonchev–Trinajstić information content (AvgIpc) is 2.95. The van der Waals surface area contributed by atoms with E-state index in [0.29, 0.717) is 12.8 Å². The Kier molecular flexibility index (Phi) is 32.6. The van der Waals surface area contributed by atoms with Crippen molar-refractivity contribution >= 4 is 11.9 Å². The number of esters is 1. The third kappa shape index (κ3) is 33.3. The Morgan fingerprint density at radius 2 is 0.756 bits per heavy atom. The van der Waals surface area contributed by atoms with Gasteiger partial charge in [-0.15, -0.1) is 0 Å². The molecular formula is C37H72O4. The van der Waals surface area contributed by atoms with E-state index in [1.54, 1.807) is 0 Å². The van der Waals surface area contributed by atoms with Crippen molar-refractivity contribution in [2.45, 2.75) is 225 Å². The summed E-state index contributed by atoms with van der Waals surface area (Å²) in [7, 11) is 0. The van der Waals surface area contributed by atoms with E-state index in [1.165, 1.54) is 161 Å². The smallest absolute Gasteiger partial charge is 0.307 e. The highest BCUT2D eigenvalue weighted by molar-refractivity contribution is 5.71. The molecule has 0 heterocycles. The number of carboxylic acid groups (broad SMARTS) is 1. The van der Waals surface area contributed by atoms with Gasteiger partial charge in [-0.3, -0.25) is 9.59 Å². The maximum atomic E-state index is 12.3. The highest BCUT2D eigenvalue weighted by Gasteiger charge is 2.17. The van der Waals surface area contributed by atoms with Gasteiger partial charge in [-0.1, -0.05) is 187 Å². The summed E-state index contributed by atoms with van der Waals surface area (Å²) >= 11 is 0. The van der Waals surface area contributed by atoms with E-state index in [0.717, 1.165) is 25.7 Å². The summed E-state index contributed by atoms with van der Waals surface area (Å²) in [5.41, 5.74) is 0. The van der Waals surface area contributed by atoms with Crippen molar-refractivity contribution in [3.05, 3.63) is 0 Å². The lowest BCUT2D eigenvalue weighted by atomic mass is 10.0. The molecule has 0 aliphatic heterocycles. The second-order valence-corrected chi connectivity index (χ2v) is 12.8. The van der Waals surface area contributed by atoms with Crippen LogP contribution in [0.3, 0.4) is 0 Å². The van der Waals surface area contributed by atoms with Crippen molar-refractivity contribution in [3.63, 3.8) is 0 Å². The van der Waals surface area contributed by atoms with Gasteiger partial charge in [0.2, 0.25) is 0 Å². The SMILES string of the molecule is CCCCCCCCCCCCCCCCCC(CC(=O)O)OC(=O)CCCCCCCCCCCCCCCC. The average molecular weight is 581 g/mol. The largest absolute Gasteiger partial charge is 0.481 e. The molecule has 1 N–H and O–H groups in total. The van der Waals surface area contributed by atoms with Crippen LogP contribution in [0.2, 0.25) is 0 Å². The van der Waals surface area contributed by atoms with Crippen LogP contribution >= 0.6 is 0 Å². The van der Waals surface area contributed by atoms with E-state index in [9.17, 15) is 14.7 Å². The van der Waals surface area contributed by atoms with Crippen molar-refractivity contribution in [2.24, 2.45) is 0 Å². The van der Waals surface area contributed by atoms with E-state index in [4.69, 9.17) is 4.74 Å². The van der Waals surface area contributed by atoms with E-state index < -0.39 is 12.1 Å². The molecule has 0 aliphatic carbocycles. The molecule has 0 saturated heterocycles. The predicted molar refractivity (Wildman–Crippen MR) is 177 cm³/mol. The number of carbonyl (C=O) groups excluding carboxylic acids is 1. The maximum Gasteiger partial charge on any atom is 0.307 e. The van der Waals surface area contributed by atoms with Crippen molar-refractivity contribution in [1.82, 2.24) is 0 Å². The molecule has 0 radical (unpaired) electrons. The van der Waals surface area contributed by atoms with Crippen LogP contribution < -0.4 is 0 Å². The molecule has 4 heteroatoms. The minimum absolute atomic E-state index is 0.0664. The normalized spacial score (nSPS) is 12.0. The fourth-order valence-electron chi connectivity index (χ4n) is 5.85. The Labute approximate surface area is 256 Å². The Morgan fingerprint density at radius 1 is 0.463 bits per heavy atom. The lowest BCUT2D eigenvalue weighted by Crippen LogP contribution is -2.21. The fourth-order valence-corrected chi connectivity index (χ4v) is 5.85. The highest BCUT2D eigenvalue weighted by Crippen LogP contribution is 2.17. The van der Waals surface area contributed by atoms with Crippen LogP contribution in [0, 0.1) is 0 Å². The van der Waals surface area contributed by atoms with Crippen LogP contribution in [-0.4, -0.2) is 23.1 Å². The van der Waals surface area contributed by atoms with Gasteiger partial charge >= 0.3 is 11.9 Å². The van der Waals surface area contributed by atoms with E-state index >= 15 is 0 Å². The summed E-state index contributed by atoms with van der Waals surface area (Å²) in [6.45, 7) is 4.54. The van der Waals surface area contributed by atoms with Gasteiger partial charge in [0.15, 0.2) is 0 Å². The molecule has 41 heavy (non-hydrogen) atoms. The fraction of sp³-hybridized carbons (Fsp3) is 0.946. The molecule has 0 aromatic carbocycles. The van der Waals surface area contributed by atoms with Crippen molar-refractivity contribution < 1.29 is 19.4 Å². The number of hydrogen-bond acceptors (Lipinski definition) is 3. The van der Waals surface area contributed by atoms with Crippen LogP contribution in [0.25, 0.3) is 0 Å². The molecule has 0 aromatic rings. The van der Waals surface area contributed by atoms with E-state index in [1.807, 2.05) is 0 Å². The second kappa shape index (κ2) is 33.4. The van der Waals surface area contributed by atoms with Crippen LogP contribution in [0.5, 0.6) is 0 Å². The number of hydrogen-bond donors (Lipinski definition) is 1. The van der Waals surface area contributed by atoms with Crippen LogP contribution in [0.15, 0.2) is 0 Å². The topological polar surface area (TPSA) is 63.6 Å². The number of unbranched alkanes of at least 4 members (excludes halogenated alkanes) is 27. The van der Waals surface area contributed by atoms with Gasteiger partial charge in [0.05, 0.1) is 6.42 Å². The second-order valence-electron chi connectivity index (χ2n) is 12.8. The third-order valence-corrected chi connectivity index (χ3v) is 8.56. The van der Waals surface area contributed by atoms with Gasteiger partial charge in [-0.2, -0.15) is 0 Å². The van der Waals surface area contributed by atoms with E-state index in [-0.39, 0.29) is 12.4 Å². The number of ether oxygens (including phenoxy) is 1. The van der Waals surface area contributed by atoms with Gasteiger partial charge in [0.1, 0.15) is 6.10 Å². The Morgan fingerprint density at radius 3 is 1.07 bits per heavy atom. The predicted octanol–water partition coefficient (Wildman–Crippen LogP) is 12.5. The van der Waals surface area contributed by atoms with Gasteiger partial charge in [0.25, 0.3) is 0 Å². The standard InChI is InChI=1S/C37H72O4/c1-3-5-7-9-11-13-15-17-19-20-22-24-26-28-30-32-35(34-36(38)39)41-37(40)33-31-29-27-25-23-21-18-16-14-12-10-8-6-4-2/h35H,3-34H2,1-2H3,(H,38,39). The first-order valence-electron chi connectivity index (χ1n) is 18.5. The van der Waals surface area contributed by atoms with Crippen LogP contribution in [0.4, 0.5) is 0 Å². The van der Waals surface area contributed by atoms with Crippen molar-refractivity contribution in [2.75, 3.05) is 0 Å². The first-order valence-corrected chi connectivity index (χ1v) is 18.5. The molecule has 0 saturated carbocycles. The molecule has 4 nitrogen and oxygen atoms in total. The molecule has 0 rings (SSSR count). The van der Waals surface area contributed by atoms with Gasteiger partial charge in [0, 0.05) is 6.42 Å². The summed E-state index contributed by atoms with van der Waals surface area (Å²) in [6, 6.07) is 0. The van der Waals surface area contributed by atoms with E-state index in [2.05, 4.69) is 13.8 Å². The van der Waals surface area contributed by atoms with Crippen molar-refractivity contribution in [3.8, 4) is 0 Å². The number of carbonyl (C=O) groups is 2. The molecule has 0 aromatic heterocycles. The highest BCUT2D eigenvalue weighted by atomic mass is 16.5. The monoisotopic (exact) mass is 581 g/mol. The Balaban J connectivity index is 3.61. The molecule has 0 spiro atoms. The summed E-state index contributed by atoms with van der Waals surface area (Å²) in [4.78, 5) is 23.6. The van der Waals surface area contributed by atoms with Gasteiger partial charge in [-0.25, -0.2) is 0 Å². The molecule has 244 valence electrons. The number of carboxylic acids is 1. The molecule has 0 aliphatic rings. The minimum atomic E-state index is -0.875. The molecule has 0 fully saturated rings. The van der Waals surface area contributed by atoms with Crippen molar-refractivity contribution in [1.29, 1.82) is 0 Å². The molecule has 0 amide bonds. The molecule has 1 unspecified atom stereocenters. The summed E-state index contributed by atoms with van der Waals surface area (Å²) in [5.74, 6) is -1.09. The van der Waals surface area contributed by atoms with Crippen LogP contribution in [0.1, 0.15) is 219 Å². The first kappa shape index (κ1) is 39.9. The lowest BCUT2D eigenvalue weighted by Gasteiger charge is -2.16. The number of rotatable bonds is 34.